The first-order valence-electron chi connectivity index (χ1n) is 15.7. The fraction of sp³-hybridized carbons (Fsp3) is 0.200. The van der Waals surface area contributed by atoms with E-state index in [1.54, 1.807) is 0 Å². The number of fused-ring (bicyclic) bond motifs is 6. The molecule has 4 heteroatoms. The Morgan fingerprint density at radius 2 is 1.18 bits per heavy atom. The van der Waals surface area contributed by atoms with E-state index in [0.29, 0.717) is 23.0 Å². The topological polar surface area (TPSA) is 73.8 Å². The standard InChI is InChI=1S/C36H26O4.2C2H6/c37-33-31-27-17-7-8-19-28(27)40-36(31)32(34(38)35(33)39)30-25-15-5-3-13-23(25)29(24-14-4-6-16-26(24)30)22-18-9-11-20-10-1-2-12-21(20)22;2*1-2/h1-3,5-7,9-13,15-18,37-39H,4,8,14,19H2;2*1-2H3. The van der Waals surface area contributed by atoms with Gasteiger partial charge >= 0.3 is 0 Å². The summed E-state index contributed by atoms with van der Waals surface area (Å²) in [5.74, 6) is -0.501. The van der Waals surface area contributed by atoms with E-state index >= 15 is 0 Å². The summed E-state index contributed by atoms with van der Waals surface area (Å²) in [6, 6.07) is 23.2. The molecule has 222 valence electrons. The fourth-order valence-electron chi connectivity index (χ4n) is 6.77. The van der Waals surface area contributed by atoms with Crippen molar-refractivity contribution in [2.75, 3.05) is 0 Å². The highest BCUT2D eigenvalue weighted by atomic mass is 16.4. The molecule has 1 aromatic heterocycles. The normalized spacial score (nSPS) is 13.2. The van der Waals surface area contributed by atoms with Crippen molar-refractivity contribution in [2.24, 2.45) is 0 Å². The number of rotatable bonds is 2. The number of furan rings is 1. The zero-order valence-corrected chi connectivity index (χ0v) is 25.7. The maximum Gasteiger partial charge on any atom is 0.201 e. The first-order valence-corrected chi connectivity index (χ1v) is 15.7. The molecule has 0 unspecified atom stereocenters. The molecular formula is C40H38O4. The minimum absolute atomic E-state index is 0.353. The Hall–Kier alpha value is -4.96. The van der Waals surface area contributed by atoms with E-state index in [1.807, 2.05) is 52.0 Å². The van der Waals surface area contributed by atoms with Crippen LogP contribution in [0.15, 0.2) is 83.3 Å². The molecule has 0 atom stereocenters. The van der Waals surface area contributed by atoms with Crippen molar-refractivity contribution in [3.05, 3.63) is 101 Å². The third-order valence-corrected chi connectivity index (χ3v) is 8.51. The lowest BCUT2D eigenvalue weighted by Crippen LogP contribution is -2.03. The van der Waals surface area contributed by atoms with Gasteiger partial charge in [0.1, 0.15) is 5.76 Å². The Kier molecular flexibility index (Phi) is 7.92. The highest BCUT2D eigenvalue weighted by molar-refractivity contribution is 6.18. The van der Waals surface area contributed by atoms with Gasteiger partial charge in [0.2, 0.25) is 5.75 Å². The number of aromatic hydroxyl groups is 3. The lowest BCUT2D eigenvalue weighted by molar-refractivity contribution is 0.371. The zero-order valence-electron chi connectivity index (χ0n) is 25.7. The average molecular weight is 583 g/mol. The minimum Gasteiger partial charge on any atom is -0.504 e. The van der Waals surface area contributed by atoms with E-state index in [2.05, 4.69) is 66.7 Å². The van der Waals surface area contributed by atoms with Crippen LogP contribution in [0, 0.1) is 0 Å². The monoisotopic (exact) mass is 582 g/mol. The maximum atomic E-state index is 11.5. The zero-order chi connectivity index (χ0) is 31.0. The second-order valence-corrected chi connectivity index (χ2v) is 10.7. The first-order chi connectivity index (χ1) is 21.6. The molecule has 0 radical (unpaired) electrons. The van der Waals surface area contributed by atoms with Gasteiger partial charge in [-0.3, -0.25) is 0 Å². The van der Waals surface area contributed by atoms with Crippen LogP contribution in [0.3, 0.4) is 0 Å². The van der Waals surface area contributed by atoms with Crippen LogP contribution in [-0.2, 0) is 12.8 Å². The molecule has 0 fully saturated rings. The van der Waals surface area contributed by atoms with E-state index < -0.39 is 5.75 Å². The number of allylic oxidation sites excluding steroid dienone is 2. The quantitative estimate of drug-likeness (QED) is 0.178. The predicted molar refractivity (Wildman–Crippen MR) is 184 cm³/mol. The second-order valence-electron chi connectivity index (χ2n) is 10.7. The number of phenolic OH excluding ortho intramolecular Hbond substituents is 3. The Bertz CT molecular complexity index is 2090. The molecule has 1 heterocycles. The van der Waals surface area contributed by atoms with Gasteiger partial charge in [-0.25, -0.2) is 0 Å². The van der Waals surface area contributed by atoms with Crippen molar-refractivity contribution in [3.63, 3.8) is 0 Å². The van der Waals surface area contributed by atoms with Gasteiger partial charge in [-0.1, -0.05) is 119 Å². The van der Waals surface area contributed by atoms with Gasteiger partial charge in [0.15, 0.2) is 17.1 Å². The van der Waals surface area contributed by atoms with E-state index in [-0.39, 0.29) is 11.5 Å². The molecule has 0 spiro atoms. The Morgan fingerprint density at radius 1 is 0.568 bits per heavy atom. The Balaban J connectivity index is 0.000000826. The van der Waals surface area contributed by atoms with Crippen molar-refractivity contribution in [1.82, 2.24) is 0 Å². The largest absolute Gasteiger partial charge is 0.504 e. The molecule has 44 heavy (non-hydrogen) atoms. The van der Waals surface area contributed by atoms with Crippen LogP contribution in [0.4, 0.5) is 0 Å². The molecule has 0 saturated carbocycles. The number of phenols is 3. The molecule has 2 aliphatic carbocycles. The van der Waals surface area contributed by atoms with Gasteiger partial charge < -0.3 is 19.7 Å². The van der Waals surface area contributed by atoms with Crippen molar-refractivity contribution in [1.29, 1.82) is 0 Å². The van der Waals surface area contributed by atoms with E-state index in [0.717, 1.165) is 52.5 Å². The molecule has 2 aliphatic rings. The molecule has 4 nitrogen and oxygen atoms in total. The number of hydrogen-bond donors (Lipinski definition) is 3. The van der Waals surface area contributed by atoms with Crippen LogP contribution in [0.25, 0.3) is 66.9 Å². The fourth-order valence-corrected chi connectivity index (χ4v) is 6.77. The van der Waals surface area contributed by atoms with E-state index in [9.17, 15) is 15.3 Å². The molecule has 0 saturated heterocycles. The molecule has 0 bridgehead atoms. The maximum absolute atomic E-state index is 11.5. The number of hydrogen-bond acceptors (Lipinski definition) is 4. The third-order valence-electron chi connectivity index (χ3n) is 8.51. The van der Waals surface area contributed by atoms with Crippen LogP contribution in [0.2, 0.25) is 0 Å². The summed E-state index contributed by atoms with van der Waals surface area (Å²) in [4.78, 5) is 0. The van der Waals surface area contributed by atoms with E-state index in [4.69, 9.17) is 4.42 Å². The first kappa shape index (κ1) is 29.1. The molecule has 0 amide bonds. The van der Waals surface area contributed by atoms with Crippen LogP contribution in [0.5, 0.6) is 17.2 Å². The summed E-state index contributed by atoms with van der Waals surface area (Å²) < 4.78 is 6.40. The van der Waals surface area contributed by atoms with Crippen LogP contribution >= 0.6 is 0 Å². The summed E-state index contributed by atoms with van der Waals surface area (Å²) in [5, 5.41) is 38.3. The van der Waals surface area contributed by atoms with Crippen LogP contribution in [0.1, 0.15) is 63.0 Å². The van der Waals surface area contributed by atoms with Crippen molar-refractivity contribution < 1.29 is 19.7 Å². The highest BCUT2D eigenvalue weighted by Crippen LogP contribution is 2.56. The summed E-state index contributed by atoms with van der Waals surface area (Å²) in [5.41, 5.74) is 6.94. The van der Waals surface area contributed by atoms with Gasteiger partial charge in [-0.2, -0.15) is 0 Å². The van der Waals surface area contributed by atoms with Crippen LogP contribution < -0.4 is 0 Å². The third kappa shape index (κ3) is 4.36. The summed E-state index contributed by atoms with van der Waals surface area (Å²) in [6.07, 6.45) is 11.5. The van der Waals surface area contributed by atoms with Gasteiger partial charge in [-0.05, 0) is 63.1 Å². The predicted octanol–water partition coefficient (Wildman–Crippen LogP) is 11.2. The molecule has 5 aromatic carbocycles. The highest BCUT2D eigenvalue weighted by Gasteiger charge is 2.31. The second kappa shape index (κ2) is 12.0. The summed E-state index contributed by atoms with van der Waals surface area (Å²) in [7, 11) is 0. The minimum atomic E-state index is -0.527. The average Bonchev–Trinajstić information content (AvgIpc) is 3.48. The molecule has 6 aromatic rings. The number of benzene rings is 5. The van der Waals surface area contributed by atoms with E-state index in [1.165, 1.54) is 27.5 Å². The van der Waals surface area contributed by atoms with Crippen LogP contribution in [-0.4, -0.2) is 15.3 Å². The Labute approximate surface area is 258 Å². The van der Waals surface area contributed by atoms with Gasteiger partial charge in [0.05, 0.1) is 10.9 Å². The van der Waals surface area contributed by atoms with Gasteiger partial charge in [0.25, 0.3) is 0 Å². The molecule has 3 N–H and O–H groups in total. The van der Waals surface area contributed by atoms with Crippen molar-refractivity contribution in [2.45, 2.75) is 53.4 Å². The van der Waals surface area contributed by atoms with Gasteiger partial charge in [0, 0.05) is 17.5 Å². The SMILES string of the molecule is CC.CC.Oc1c(O)c(O)c2c3c(oc2c1-c1c2c(c(-c4cccc5ccccc45)c4ccccc14)CCC=C2)CCC=C3. The summed E-state index contributed by atoms with van der Waals surface area (Å²) >= 11 is 0. The van der Waals surface area contributed by atoms with Crippen molar-refractivity contribution in [3.8, 4) is 39.5 Å². The number of aryl methyl sites for hydroxylation is 1. The van der Waals surface area contributed by atoms with Gasteiger partial charge in [-0.15, -0.1) is 0 Å². The lowest BCUT2D eigenvalue weighted by Gasteiger charge is -2.25. The molecule has 8 rings (SSSR count). The van der Waals surface area contributed by atoms with Crippen molar-refractivity contribution >= 4 is 44.7 Å². The summed E-state index contributed by atoms with van der Waals surface area (Å²) in [6.45, 7) is 8.00. The lowest BCUT2D eigenvalue weighted by atomic mass is 9.79. The molecule has 0 aliphatic heterocycles. The smallest absolute Gasteiger partial charge is 0.201 e. The Morgan fingerprint density at radius 3 is 1.93 bits per heavy atom. The molecular weight excluding hydrogens is 544 g/mol.